The Labute approximate surface area is 298 Å². The van der Waals surface area contributed by atoms with Crippen LogP contribution in [0.15, 0.2) is 48.1 Å². The van der Waals surface area contributed by atoms with Crippen LogP contribution < -0.4 is 27.0 Å². The number of likely N-dealkylation sites (tertiary alicyclic amines) is 1. The fourth-order valence-corrected chi connectivity index (χ4v) is 5.59. The standard InChI is InChI=1S/C34H41N7O11/c35-34(51)36-16-1-3-23(30(47)37-22-9-5-20(6-10-22)19-52-33(50)21-7-8-21)39-31(48)25-4-2-17-40(25)32(49)24(11-14-29(45)46)38-26(42)15-18-41-27(43)12-13-28(41)44/h5-7,9-10,12-13,23-25H,1-4,8,11,14-19H2,(H,37,47)(H,38,42)(H,39,48)(H,45,46)(H3,35,36,51)/t23-,24-,25-/m0/s1. The number of nitrogens with zero attached hydrogens (tertiary/aromatic N) is 2. The third kappa shape index (κ3) is 11.5. The number of nitrogens with one attached hydrogen (secondary N) is 4. The summed E-state index contributed by atoms with van der Waals surface area (Å²) in [6, 6.07) is 2.30. The first kappa shape index (κ1) is 38.7. The molecule has 8 amide bonds. The molecule has 0 aromatic heterocycles. The molecule has 52 heavy (non-hydrogen) atoms. The number of esters is 1. The largest absolute Gasteiger partial charge is 0.481 e. The van der Waals surface area contributed by atoms with E-state index >= 15 is 0 Å². The van der Waals surface area contributed by atoms with Crippen LogP contribution in [0, 0.1) is 0 Å². The molecule has 7 N–H and O–H groups in total. The van der Waals surface area contributed by atoms with Crippen LogP contribution in [0.4, 0.5) is 10.5 Å². The Balaban J connectivity index is 1.39. The summed E-state index contributed by atoms with van der Waals surface area (Å²) in [6.07, 6.45) is 4.39. The maximum atomic E-state index is 13.7. The van der Waals surface area contributed by atoms with Gasteiger partial charge in [-0.1, -0.05) is 18.2 Å². The number of carbonyl (C=O) groups excluding carboxylic acids is 8. The summed E-state index contributed by atoms with van der Waals surface area (Å²) < 4.78 is 5.21. The van der Waals surface area contributed by atoms with E-state index in [2.05, 4.69) is 21.3 Å². The number of hydrogen-bond acceptors (Lipinski definition) is 10. The lowest BCUT2D eigenvalue weighted by Crippen LogP contribution is -2.56. The number of primary amides is 1. The molecule has 1 aromatic rings. The Morgan fingerprint density at radius 3 is 2.27 bits per heavy atom. The fourth-order valence-electron chi connectivity index (χ4n) is 5.59. The first-order chi connectivity index (χ1) is 24.8. The SMILES string of the molecule is NC(=O)NCCC[C@H](NC(=O)[C@@H]1CCCN1C(=O)[C@H](CCC(=O)O)NC(=O)CCN1C(=O)C=CC1=O)C(=O)Nc1ccc(COC(=O)C2=CC2)cc1. The van der Waals surface area contributed by atoms with Crippen molar-refractivity contribution in [2.24, 2.45) is 5.73 Å². The summed E-state index contributed by atoms with van der Waals surface area (Å²) in [7, 11) is 0. The summed E-state index contributed by atoms with van der Waals surface area (Å²) in [5.41, 5.74) is 6.84. The molecule has 0 bridgehead atoms. The van der Waals surface area contributed by atoms with E-state index in [-0.39, 0.29) is 64.3 Å². The minimum atomic E-state index is -1.32. The second kappa shape index (κ2) is 18.2. The molecule has 1 aliphatic carbocycles. The third-order valence-electron chi connectivity index (χ3n) is 8.45. The molecule has 1 saturated heterocycles. The van der Waals surface area contributed by atoms with Crippen molar-refractivity contribution in [1.29, 1.82) is 0 Å². The van der Waals surface area contributed by atoms with Gasteiger partial charge in [0.1, 0.15) is 24.7 Å². The van der Waals surface area contributed by atoms with Crippen LogP contribution in [0.25, 0.3) is 0 Å². The number of imide groups is 1. The number of hydrogen-bond donors (Lipinski definition) is 6. The van der Waals surface area contributed by atoms with Crippen LogP contribution in [-0.2, 0) is 49.7 Å². The van der Waals surface area contributed by atoms with Crippen LogP contribution in [0.3, 0.4) is 0 Å². The van der Waals surface area contributed by atoms with Crippen molar-refractivity contribution in [2.45, 2.75) is 76.1 Å². The Bertz CT molecular complexity index is 1640. The number of urea groups is 1. The number of allylic oxidation sites excluding steroid dienone is 1. The van der Waals surface area contributed by atoms with Crippen molar-refractivity contribution in [3.05, 3.63) is 53.6 Å². The zero-order valence-electron chi connectivity index (χ0n) is 28.3. The van der Waals surface area contributed by atoms with Gasteiger partial charge in [0.05, 0.1) is 0 Å². The smallest absolute Gasteiger partial charge is 0.334 e. The van der Waals surface area contributed by atoms with Crippen molar-refractivity contribution >= 4 is 59.1 Å². The van der Waals surface area contributed by atoms with Gasteiger partial charge in [0.15, 0.2) is 0 Å². The van der Waals surface area contributed by atoms with E-state index in [1.807, 2.05) is 0 Å². The summed E-state index contributed by atoms with van der Waals surface area (Å²) in [6.45, 7) is 0.0414. The Hall–Kier alpha value is -6.07. The number of amides is 8. The van der Waals surface area contributed by atoms with Gasteiger partial charge in [0.2, 0.25) is 23.6 Å². The normalized spacial score (nSPS) is 17.2. The lowest BCUT2D eigenvalue weighted by molar-refractivity contribution is -0.143. The fraction of sp³-hybridized carbons (Fsp3) is 0.441. The van der Waals surface area contributed by atoms with E-state index in [0.29, 0.717) is 29.7 Å². The Morgan fingerprint density at radius 2 is 1.63 bits per heavy atom. The number of carboxylic acids is 1. The molecule has 0 spiro atoms. The Kier molecular flexibility index (Phi) is 13.6. The number of anilines is 1. The van der Waals surface area contributed by atoms with Crippen molar-refractivity contribution in [3.63, 3.8) is 0 Å². The van der Waals surface area contributed by atoms with Gasteiger partial charge in [-0.3, -0.25) is 38.5 Å². The molecule has 3 aliphatic rings. The number of carboxylic acid groups (broad SMARTS) is 1. The quantitative estimate of drug-likeness (QED) is 0.0607. The molecule has 0 radical (unpaired) electrons. The van der Waals surface area contributed by atoms with Gasteiger partial charge in [-0.05, 0) is 56.2 Å². The van der Waals surface area contributed by atoms with E-state index in [1.54, 1.807) is 30.3 Å². The zero-order valence-corrected chi connectivity index (χ0v) is 28.3. The molecule has 1 aromatic carbocycles. The van der Waals surface area contributed by atoms with Crippen molar-refractivity contribution in [3.8, 4) is 0 Å². The molecule has 2 aliphatic heterocycles. The molecule has 1 fully saturated rings. The van der Waals surface area contributed by atoms with Crippen LogP contribution in [0.2, 0.25) is 0 Å². The van der Waals surface area contributed by atoms with Crippen molar-refractivity contribution < 1.29 is 53.0 Å². The maximum absolute atomic E-state index is 13.7. The van der Waals surface area contributed by atoms with E-state index in [4.69, 9.17) is 10.5 Å². The summed E-state index contributed by atoms with van der Waals surface area (Å²) in [4.78, 5) is 114. The zero-order chi connectivity index (χ0) is 37.8. The molecular weight excluding hydrogens is 682 g/mol. The van der Waals surface area contributed by atoms with Gasteiger partial charge in [-0.2, -0.15) is 0 Å². The number of nitrogens with two attached hydrogens (primary N) is 1. The Morgan fingerprint density at radius 1 is 0.942 bits per heavy atom. The average Bonchev–Trinajstić information content (AvgIpc) is 3.76. The second-order valence-corrected chi connectivity index (χ2v) is 12.3. The molecule has 278 valence electrons. The molecule has 2 heterocycles. The van der Waals surface area contributed by atoms with E-state index in [1.165, 1.54) is 4.90 Å². The van der Waals surface area contributed by atoms with Crippen LogP contribution in [0.1, 0.15) is 56.9 Å². The third-order valence-corrected chi connectivity index (χ3v) is 8.45. The highest BCUT2D eigenvalue weighted by atomic mass is 16.5. The summed E-state index contributed by atoms with van der Waals surface area (Å²) in [5, 5.41) is 19.6. The lowest BCUT2D eigenvalue weighted by Gasteiger charge is -2.30. The molecule has 4 rings (SSSR count). The number of carbonyl (C=O) groups is 9. The molecule has 0 saturated carbocycles. The molecule has 18 heteroatoms. The van der Waals surface area contributed by atoms with Crippen LogP contribution >= 0.6 is 0 Å². The molecular formula is C34H41N7O11. The predicted molar refractivity (Wildman–Crippen MR) is 180 cm³/mol. The highest BCUT2D eigenvalue weighted by Gasteiger charge is 2.39. The van der Waals surface area contributed by atoms with Gasteiger partial charge >= 0.3 is 18.0 Å². The van der Waals surface area contributed by atoms with E-state index in [0.717, 1.165) is 17.1 Å². The number of aliphatic carboxylic acids is 1. The highest BCUT2D eigenvalue weighted by molar-refractivity contribution is 6.13. The minimum absolute atomic E-state index is 0.0474. The average molecular weight is 724 g/mol. The minimum Gasteiger partial charge on any atom is -0.481 e. The topological polar surface area (TPSA) is 264 Å². The summed E-state index contributed by atoms with van der Waals surface area (Å²) >= 11 is 0. The number of ether oxygens (including phenoxy) is 1. The van der Waals surface area contributed by atoms with Crippen LogP contribution in [-0.4, -0.2) is 106 Å². The van der Waals surface area contributed by atoms with Gasteiger partial charge < -0.3 is 41.7 Å². The first-order valence-corrected chi connectivity index (χ1v) is 16.8. The van der Waals surface area contributed by atoms with Gasteiger partial charge in [-0.15, -0.1) is 0 Å². The van der Waals surface area contributed by atoms with Crippen LogP contribution in [0.5, 0.6) is 0 Å². The second-order valence-electron chi connectivity index (χ2n) is 12.3. The number of rotatable bonds is 19. The van der Waals surface area contributed by atoms with E-state index in [9.17, 15) is 48.3 Å². The van der Waals surface area contributed by atoms with Gasteiger partial charge in [0.25, 0.3) is 11.8 Å². The maximum Gasteiger partial charge on any atom is 0.334 e. The molecule has 18 nitrogen and oxygen atoms in total. The monoisotopic (exact) mass is 723 g/mol. The van der Waals surface area contributed by atoms with Crippen molar-refractivity contribution in [2.75, 3.05) is 25.0 Å². The first-order valence-electron chi connectivity index (χ1n) is 16.8. The molecule has 0 unspecified atom stereocenters. The highest BCUT2D eigenvalue weighted by Crippen LogP contribution is 2.22. The predicted octanol–water partition coefficient (Wildman–Crippen LogP) is -0.413. The van der Waals surface area contributed by atoms with Gasteiger partial charge in [0, 0.05) is 55.9 Å². The lowest BCUT2D eigenvalue weighted by atomic mass is 10.1. The van der Waals surface area contributed by atoms with E-state index < -0.39 is 72.0 Å². The van der Waals surface area contributed by atoms with Crippen molar-refractivity contribution in [1.82, 2.24) is 25.8 Å². The molecule has 3 atom stereocenters. The van der Waals surface area contributed by atoms with Gasteiger partial charge in [-0.25, -0.2) is 9.59 Å². The number of benzene rings is 1. The summed E-state index contributed by atoms with van der Waals surface area (Å²) in [5.74, 6) is -5.41.